The molecule has 2 atom stereocenters. The minimum Gasteiger partial charge on any atom is -0.198 e. The molecule has 0 N–H and O–H groups in total. The van der Waals surface area contributed by atoms with E-state index >= 15 is 0 Å². The number of nitrogens with zero attached hydrogens (tertiary/aromatic N) is 1. The molecule has 1 rings (SSSR count). The maximum absolute atomic E-state index is 8.70. The molecular weight excluding hydrogens is 182 g/mol. The summed E-state index contributed by atoms with van der Waals surface area (Å²) in [6.45, 7) is 4.41. The van der Waals surface area contributed by atoms with Gasteiger partial charge in [0.2, 0.25) is 0 Å². The maximum atomic E-state index is 8.70. The third-order valence-corrected chi connectivity index (χ3v) is 3.01. The summed E-state index contributed by atoms with van der Waals surface area (Å²) in [5, 5.41) is 8.70. The average Bonchev–Trinajstić information content (AvgIpc) is 2.29. The molecule has 15 heavy (non-hydrogen) atoms. The molecule has 0 aliphatic carbocycles. The maximum Gasteiger partial charge on any atom is 0.0624 e. The normalized spacial score (nSPS) is 14.2. The van der Waals surface area contributed by atoms with Crippen LogP contribution in [0.4, 0.5) is 0 Å². The Hall–Kier alpha value is -1.29. The van der Waals surface area contributed by atoms with E-state index in [1.165, 1.54) is 5.56 Å². The topological polar surface area (TPSA) is 23.8 Å². The predicted octanol–water partition coefficient (Wildman–Crippen LogP) is 4.12. The van der Waals surface area contributed by atoms with Crippen LogP contribution in [0.3, 0.4) is 0 Å². The fourth-order valence-corrected chi connectivity index (χ4v) is 1.94. The van der Waals surface area contributed by atoms with Crippen LogP contribution in [0.25, 0.3) is 0 Å². The zero-order chi connectivity index (χ0) is 11.1. The lowest BCUT2D eigenvalue weighted by atomic mass is 9.87. The van der Waals surface area contributed by atoms with Crippen LogP contribution in [0.15, 0.2) is 30.3 Å². The van der Waals surface area contributed by atoms with Crippen molar-refractivity contribution in [1.29, 1.82) is 5.26 Å². The van der Waals surface area contributed by atoms with Crippen LogP contribution in [0.5, 0.6) is 0 Å². The number of hydrogen-bond donors (Lipinski definition) is 0. The average molecular weight is 201 g/mol. The first-order chi connectivity index (χ1) is 7.27. The van der Waals surface area contributed by atoms with Crippen molar-refractivity contribution in [1.82, 2.24) is 0 Å². The molecule has 0 heterocycles. The summed E-state index contributed by atoms with van der Waals surface area (Å²) in [4.78, 5) is 0. The number of hydrogen-bond acceptors (Lipinski definition) is 1. The Morgan fingerprint density at radius 3 is 2.47 bits per heavy atom. The minimum absolute atomic E-state index is 0.546. The summed E-state index contributed by atoms with van der Waals surface area (Å²) in [7, 11) is 0. The van der Waals surface area contributed by atoms with Gasteiger partial charge in [0.15, 0.2) is 0 Å². The van der Waals surface area contributed by atoms with Crippen molar-refractivity contribution in [2.45, 2.75) is 39.0 Å². The number of benzene rings is 1. The summed E-state index contributed by atoms with van der Waals surface area (Å²) in [6, 6.07) is 12.8. The van der Waals surface area contributed by atoms with Gasteiger partial charge in [-0.15, -0.1) is 0 Å². The van der Waals surface area contributed by atoms with E-state index in [-0.39, 0.29) is 0 Å². The fourth-order valence-electron chi connectivity index (χ4n) is 1.94. The molecule has 0 saturated carbocycles. The molecule has 1 nitrogen and oxygen atoms in total. The lowest BCUT2D eigenvalue weighted by Gasteiger charge is -2.17. The summed E-state index contributed by atoms with van der Waals surface area (Å²) >= 11 is 0. The standard InChI is InChI=1S/C14H19N/c1-3-13(9-10-15)11-12(2)14-7-5-4-6-8-14/h4-8,12-13H,3,9,11H2,1-2H3. The first kappa shape index (κ1) is 11.8. The van der Waals surface area contributed by atoms with Crippen molar-refractivity contribution >= 4 is 0 Å². The Morgan fingerprint density at radius 1 is 1.27 bits per heavy atom. The van der Waals surface area contributed by atoms with Crippen LogP contribution < -0.4 is 0 Å². The van der Waals surface area contributed by atoms with E-state index < -0.39 is 0 Å². The van der Waals surface area contributed by atoms with E-state index in [4.69, 9.17) is 5.26 Å². The van der Waals surface area contributed by atoms with Crippen LogP contribution >= 0.6 is 0 Å². The largest absolute Gasteiger partial charge is 0.198 e. The first-order valence-corrected chi connectivity index (χ1v) is 5.69. The van der Waals surface area contributed by atoms with Gasteiger partial charge in [-0.1, -0.05) is 50.6 Å². The molecule has 1 heteroatoms. The van der Waals surface area contributed by atoms with Gasteiger partial charge >= 0.3 is 0 Å². The van der Waals surface area contributed by atoms with Crippen molar-refractivity contribution in [3.05, 3.63) is 35.9 Å². The van der Waals surface area contributed by atoms with Gasteiger partial charge < -0.3 is 0 Å². The van der Waals surface area contributed by atoms with Crippen molar-refractivity contribution in [3.8, 4) is 6.07 Å². The van der Waals surface area contributed by atoms with Crippen LogP contribution in [0, 0.1) is 17.2 Å². The van der Waals surface area contributed by atoms with Gasteiger partial charge in [0.1, 0.15) is 0 Å². The Kier molecular flexibility index (Phi) is 4.90. The summed E-state index contributed by atoms with van der Waals surface area (Å²) < 4.78 is 0. The number of rotatable bonds is 5. The van der Waals surface area contributed by atoms with Gasteiger partial charge in [-0.2, -0.15) is 5.26 Å². The molecule has 0 aromatic heterocycles. The van der Waals surface area contributed by atoms with Crippen molar-refractivity contribution in [2.24, 2.45) is 5.92 Å². The quantitative estimate of drug-likeness (QED) is 0.703. The van der Waals surface area contributed by atoms with Crippen LogP contribution in [0.2, 0.25) is 0 Å². The Bertz CT molecular complexity index is 310. The zero-order valence-electron chi connectivity index (χ0n) is 9.61. The summed E-state index contributed by atoms with van der Waals surface area (Å²) in [6.07, 6.45) is 2.91. The van der Waals surface area contributed by atoms with E-state index in [1.807, 2.05) is 6.07 Å². The van der Waals surface area contributed by atoms with Gasteiger partial charge in [0.25, 0.3) is 0 Å². The third-order valence-electron chi connectivity index (χ3n) is 3.01. The second kappa shape index (κ2) is 6.24. The minimum atomic E-state index is 0.546. The molecule has 0 fully saturated rings. The second-order valence-electron chi connectivity index (χ2n) is 4.18. The molecule has 1 aromatic rings. The number of nitriles is 1. The molecule has 0 bridgehead atoms. The smallest absolute Gasteiger partial charge is 0.0624 e. The monoisotopic (exact) mass is 201 g/mol. The molecule has 80 valence electrons. The van der Waals surface area contributed by atoms with Gasteiger partial charge in [0, 0.05) is 6.42 Å². The highest BCUT2D eigenvalue weighted by Crippen LogP contribution is 2.26. The van der Waals surface area contributed by atoms with Crippen LogP contribution in [-0.4, -0.2) is 0 Å². The van der Waals surface area contributed by atoms with E-state index in [1.54, 1.807) is 0 Å². The highest BCUT2D eigenvalue weighted by Gasteiger charge is 2.12. The highest BCUT2D eigenvalue weighted by atomic mass is 14.3. The SMILES string of the molecule is CCC(CC#N)CC(C)c1ccccc1. The molecule has 2 unspecified atom stereocenters. The third kappa shape index (κ3) is 3.75. The first-order valence-electron chi connectivity index (χ1n) is 5.69. The highest BCUT2D eigenvalue weighted by molar-refractivity contribution is 5.18. The predicted molar refractivity (Wildman–Crippen MR) is 63.5 cm³/mol. The molecule has 0 aliphatic heterocycles. The summed E-state index contributed by atoms with van der Waals surface area (Å²) in [5.41, 5.74) is 1.38. The molecule has 0 radical (unpaired) electrons. The van der Waals surface area contributed by atoms with Crippen molar-refractivity contribution < 1.29 is 0 Å². The second-order valence-corrected chi connectivity index (χ2v) is 4.18. The van der Waals surface area contributed by atoms with Crippen LogP contribution in [0.1, 0.15) is 44.6 Å². The summed E-state index contributed by atoms with van der Waals surface area (Å²) in [5.74, 6) is 1.11. The van der Waals surface area contributed by atoms with Gasteiger partial charge in [-0.3, -0.25) is 0 Å². The van der Waals surface area contributed by atoms with Crippen molar-refractivity contribution in [2.75, 3.05) is 0 Å². The zero-order valence-corrected chi connectivity index (χ0v) is 9.61. The van der Waals surface area contributed by atoms with Crippen LogP contribution in [-0.2, 0) is 0 Å². The lowest BCUT2D eigenvalue weighted by Crippen LogP contribution is -2.04. The van der Waals surface area contributed by atoms with Crippen molar-refractivity contribution in [3.63, 3.8) is 0 Å². The molecule has 0 spiro atoms. The fraction of sp³-hybridized carbons (Fsp3) is 0.500. The Morgan fingerprint density at radius 2 is 1.93 bits per heavy atom. The van der Waals surface area contributed by atoms with Gasteiger partial charge in [0.05, 0.1) is 6.07 Å². The van der Waals surface area contributed by atoms with Gasteiger partial charge in [-0.05, 0) is 23.8 Å². The molecule has 1 aromatic carbocycles. The molecule has 0 saturated heterocycles. The Balaban J connectivity index is 2.55. The van der Waals surface area contributed by atoms with Gasteiger partial charge in [-0.25, -0.2) is 0 Å². The van der Waals surface area contributed by atoms with E-state index in [9.17, 15) is 0 Å². The molecular formula is C14H19N. The Labute approximate surface area is 92.7 Å². The molecule has 0 amide bonds. The van der Waals surface area contributed by atoms with E-state index in [0.29, 0.717) is 18.3 Å². The van der Waals surface area contributed by atoms with E-state index in [0.717, 1.165) is 12.8 Å². The molecule has 0 aliphatic rings. The lowest BCUT2D eigenvalue weighted by molar-refractivity contribution is 0.442. The van der Waals surface area contributed by atoms with E-state index in [2.05, 4.69) is 44.2 Å².